The molecule has 172 valence electrons. The number of esters is 1. The summed E-state index contributed by atoms with van der Waals surface area (Å²) in [4.78, 5) is 28.7. The second-order valence-corrected chi connectivity index (χ2v) is 9.21. The molecule has 1 aliphatic rings. The van der Waals surface area contributed by atoms with Crippen LogP contribution in [0.25, 0.3) is 0 Å². The third kappa shape index (κ3) is 5.93. The van der Waals surface area contributed by atoms with Gasteiger partial charge in [0.05, 0.1) is 12.2 Å². The highest BCUT2D eigenvalue weighted by Crippen LogP contribution is 2.38. The van der Waals surface area contributed by atoms with Crippen LogP contribution in [0, 0.1) is 0 Å². The van der Waals surface area contributed by atoms with E-state index in [4.69, 9.17) is 21.1 Å². The fourth-order valence-electron chi connectivity index (χ4n) is 3.78. The molecule has 0 bridgehead atoms. The molecule has 1 aliphatic heterocycles. The van der Waals surface area contributed by atoms with Gasteiger partial charge in [0.15, 0.2) is 6.61 Å². The lowest BCUT2D eigenvalue weighted by atomic mass is 10.0. The van der Waals surface area contributed by atoms with Crippen LogP contribution in [-0.2, 0) is 29.0 Å². The van der Waals surface area contributed by atoms with E-state index >= 15 is 0 Å². The number of amides is 1. The molecule has 3 aromatic rings. The van der Waals surface area contributed by atoms with Crippen molar-refractivity contribution in [3.05, 3.63) is 81.2 Å². The van der Waals surface area contributed by atoms with Crippen LogP contribution in [0.2, 0.25) is 5.02 Å². The average molecular weight is 485 g/mol. The Kier molecular flexibility index (Phi) is 7.65. The SMILES string of the molecule is CCOC(=O)c1c(NC(=O)COc2ccc(Cl)cc2)sc2c1CCN(Cc1ccccc1)C2. The molecule has 6 nitrogen and oxygen atoms in total. The van der Waals surface area contributed by atoms with Gasteiger partial charge in [0.1, 0.15) is 10.8 Å². The maximum absolute atomic E-state index is 12.7. The van der Waals surface area contributed by atoms with Gasteiger partial charge in [-0.05, 0) is 48.7 Å². The second kappa shape index (κ2) is 10.8. The first-order valence-electron chi connectivity index (χ1n) is 10.8. The Balaban J connectivity index is 1.48. The van der Waals surface area contributed by atoms with Gasteiger partial charge in [-0.1, -0.05) is 41.9 Å². The van der Waals surface area contributed by atoms with Crippen LogP contribution in [0.15, 0.2) is 54.6 Å². The molecule has 4 rings (SSSR count). The quantitative estimate of drug-likeness (QED) is 0.447. The number of benzene rings is 2. The van der Waals surface area contributed by atoms with Crippen LogP contribution in [0.3, 0.4) is 0 Å². The molecule has 2 aromatic carbocycles. The van der Waals surface area contributed by atoms with Crippen molar-refractivity contribution >= 4 is 39.8 Å². The highest BCUT2D eigenvalue weighted by molar-refractivity contribution is 7.17. The molecule has 1 amide bonds. The normalized spacial score (nSPS) is 13.3. The number of carbonyl (C=O) groups is 2. The van der Waals surface area contributed by atoms with Gasteiger partial charge >= 0.3 is 5.97 Å². The molecular formula is C25H25ClN2O4S. The van der Waals surface area contributed by atoms with Crippen molar-refractivity contribution in [2.45, 2.75) is 26.4 Å². The van der Waals surface area contributed by atoms with E-state index in [1.165, 1.54) is 16.9 Å². The van der Waals surface area contributed by atoms with Crippen molar-refractivity contribution in [2.24, 2.45) is 0 Å². The summed E-state index contributed by atoms with van der Waals surface area (Å²) in [5, 5.41) is 3.97. The van der Waals surface area contributed by atoms with Gasteiger partial charge < -0.3 is 14.8 Å². The van der Waals surface area contributed by atoms with E-state index in [0.29, 0.717) is 21.3 Å². The van der Waals surface area contributed by atoms with Crippen molar-refractivity contribution < 1.29 is 19.1 Å². The number of nitrogens with zero attached hydrogens (tertiary/aromatic N) is 1. The molecule has 0 saturated heterocycles. The van der Waals surface area contributed by atoms with Gasteiger partial charge in [0.25, 0.3) is 5.91 Å². The number of thiophene rings is 1. The molecule has 1 aromatic heterocycles. The van der Waals surface area contributed by atoms with E-state index in [9.17, 15) is 9.59 Å². The number of carbonyl (C=O) groups excluding carboxylic acids is 2. The first-order valence-corrected chi connectivity index (χ1v) is 12.0. The Hall–Kier alpha value is -2.87. The minimum Gasteiger partial charge on any atom is -0.484 e. The number of fused-ring (bicyclic) bond motifs is 1. The lowest BCUT2D eigenvalue weighted by molar-refractivity contribution is -0.118. The number of anilines is 1. The minimum atomic E-state index is -0.402. The number of rotatable bonds is 8. The van der Waals surface area contributed by atoms with Crippen LogP contribution in [0.1, 0.15) is 33.3 Å². The largest absolute Gasteiger partial charge is 0.484 e. The summed E-state index contributed by atoms with van der Waals surface area (Å²) in [5.74, 6) is -0.196. The van der Waals surface area contributed by atoms with Crippen LogP contribution in [-0.4, -0.2) is 36.5 Å². The van der Waals surface area contributed by atoms with E-state index in [-0.39, 0.29) is 19.1 Å². The fourth-order valence-corrected chi connectivity index (χ4v) is 5.20. The van der Waals surface area contributed by atoms with Gasteiger partial charge in [-0.2, -0.15) is 0 Å². The van der Waals surface area contributed by atoms with Crippen LogP contribution in [0.5, 0.6) is 5.75 Å². The number of hydrogen-bond donors (Lipinski definition) is 1. The van der Waals surface area contributed by atoms with E-state index in [0.717, 1.165) is 36.5 Å². The molecule has 0 aliphatic carbocycles. The Morgan fingerprint density at radius 3 is 2.61 bits per heavy atom. The molecule has 0 radical (unpaired) electrons. The highest BCUT2D eigenvalue weighted by Gasteiger charge is 2.29. The summed E-state index contributed by atoms with van der Waals surface area (Å²) < 4.78 is 10.8. The third-order valence-electron chi connectivity index (χ3n) is 5.30. The zero-order valence-corrected chi connectivity index (χ0v) is 19.9. The Morgan fingerprint density at radius 2 is 1.88 bits per heavy atom. The lowest BCUT2D eigenvalue weighted by Gasteiger charge is -2.27. The molecule has 8 heteroatoms. The summed E-state index contributed by atoms with van der Waals surface area (Å²) in [6, 6.07) is 17.1. The Labute approximate surface area is 202 Å². The molecule has 33 heavy (non-hydrogen) atoms. The summed E-state index contributed by atoms with van der Waals surface area (Å²) >= 11 is 7.31. The molecule has 0 saturated carbocycles. The first kappa shape index (κ1) is 23.3. The Morgan fingerprint density at radius 1 is 1.12 bits per heavy atom. The summed E-state index contributed by atoms with van der Waals surface area (Å²) in [6.45, 7) is 4.26. The lowest BCUT2D eigenvalue weighted by Crippen LogP contribution is -2.30. The summed E-state index contributed by atoms with van der Waals surface area (Å²) in [6.07, 6.45) is 0.726. The number of ether oxygens (including phenoxy) is 2. The predicted molar refractivity (Wildman–Crippen MR) is 130 cm³/mol. The van der Waals surface area contributed by atoms with Gasteiger partial charge in [0, 0.05) is 29.5 Å². The van der Waals surface area contributed by atoms with Gasteiger partial charge in [-0.15, -0.1) is 11.3 Å². The molecule has 0 spiro atoms. The van der Waals surface area contributed by atoms with E-state index < -0.39 is 5.97 Å². The minimum absolute atomic E-state index is 0.174. The highest BCUT2D eigenvalue weighted by atomic mass is 35.5. The molecule has 2 heterocycles. The van der Waals surface area contributed by atoms with Crippen molar-refractivity contribution in [3.8, 4) is 5.75 Å². The Bertz CT molecular complexity index is 1120. The summed E-state index contributed by atoms with van der Waals surface area (Å²) in [7, 11) is 0. The van der Waals surface area contributed by atoms with Crippen LogP contribution >= 0.6 is 22.9 Å². The standard InChI is InChI=1S/C25H25ClN2O4S/c1-2-31-25(30)23-20-12-13-28(14-17-6-4-3-5-7-17)15-21(20)33-24(23)27-22(29)16-32-19-10-8-18(26)9-11-19/h3-11H,2,12-16H2,1H3,(H,27,29). The van der Waals surface area contributed by atoms with E-state index in [2.05, 4.69) is 22.3 Å². The van der Waals surface area contributed by atoms with Crippen molar-refractivity contribution in [1.29, 1.82) is 0 Å². The van der Waals surface area contributed by atoms with Crippen LogP contribution in [0.4, 0.5) is 5.00 Å². The zero-order chi connectivity index (χ0) is 23.2. The molecule has 0 unspecified atom stereocenters. The fraction of sp³-hybridized carbons (Fsp3) is 0.280. The maximum Gasteiger partial charge on any atom is 0.341 e. The monoisotopic (exact) mass is 484 g/mol. The zero-order valence-electron chi connectivity index (χ0n) is 18.3. The van der Waals surface area contributed by atoms with E-state index in [1.807, 2.05) is 18.2 Å². The smallest absolute Gasteiger partial charge is 0.341 e. The van der Waals surface area contributed by atoms with Gasteiger partial charge in [0.2, 0.25) is 0 Å². The molecule has 0 atom stereocenters. The number of hydrogen-bond acceptors (Lipinski definition) is 6. The van der Waals surface area contributed by atoms with Crippen molar-refractivity contribution in [2.75, 3.05) is 25.1 Å². The molecular weight excluding hydrogens is 460 g/mol. The first-order chi connectivity index (χ1) is 16.0. The summed E-state index contributed by atoms with van der Waals surface area (Å²) in [5.41, 5.74) is 2.68. The van der Waals surface area contributed by atoms with E-state index in [1.54, 1.807) is 31.2 Å². The third-order valence-corrected chi connectivity index (χ3v) is 6.69. The molecule has 0 fully saturated rings. The van der Waals surface area contributed by atoms with Crippen molar-refractivity contribution in [3.63, 3.8) is 0 Å². The second-order valence-electron chi connectivity index (χ2n) is 7.67. The number of halogens is 1. The van der Waals surface area contributed by atoms with Crippen LogP contribution < -0.4 is 10.1 Å². The van der Waals surface area contributed by atoms with Gasteiger partial charge in [-0.25, -0.2) is 4.79 Å². The molecule has 1 N–H and O–H groups in total. The predicted octanol–water partition coefficient (Wildman–Crippen LogP) is 5.15. The van der Waals surface area contributed by atoms with Crippen molar-refractivity contribution in [1.82, 2.24) is 4.90 Å². The topological polar surface area (TPSA) is 67.9 Å². The van der Waals surface area contributed by atoms with Gasteiger partial charge in [-0.3, -0.25) is 9.69 Å². The average Bonchev–Trinajstić information content (AvgIpc) is 3.16. The number of nitrogens with one attached hydrogen (secondary N) is 1. The maximum atomic E-state index is 12.7.